The molecule has 0 rings (SSSR count). The monoisotopic (exact) mass is 158 g/mol. The Morgan fingerprint density at radius 1 is 1.18 bits per heavy atom. The van der Waals surface area contributed by atoms with E-state index in [9.17, 15) is 5.11 Å². The quantitative estimate of drug-likeness (QED) is 0.669. The van der Waals surface area contributed by atoms with Crippen molar-refractivity contribution in [3.05, 3.63) is 0 Å². The van der Waals surface area contributed by atoms with E-state index in [0.29, 0.717) is 5.92 Å². The van der Waals surface area contributed by atoms with Gasteiger partial charge in [0.1, 0.15) is 0 Å². The van der Waals surface area contributed by atoms with Crippen LogP contribution >= 0.6 is 0 Å². The van der Waals surface area contributed by atoms with Crippen LogP contribution in [0.5, 0.6) is 0 Å². The van der Waals surface area contributed by atoms with Gasteiger partial charge in [0.2, 0.25) is 0 Å². The molecule has 1 N–H and O–H groups in total. The van der Waals surface area contributed by atoms with E-state index in [2.05, 4.69) is 34.6 Å². The lowest BCUT2D eigenvalue weighted by Crippen LogP contribution is -2.45. The maximum Gasteiger partial charge on any atom is 0.0693 e. The molecule has 0 aliphatic rings. The van der Waals surface area contributed by atoms with Gasteiger partial charge in [0.15, 0.2) is 0 Å². The molecule has 0 radical (unpaired) electrons. The summed E-state index contributed by atoms with van der Waals surface area (Å²) >= 11 is 0. The van der Waals surface area contributed by atoms with Gasteiger partial charge in [0.05, 0.1) is 5.60 Å². The summed E-state index contributed by atoms with van der Waals surface area (Å²) in [6.07, 6.45) is 1.01. The molecule has 0 spiro atoms. The Labute approximate surface area is 70.8 Å². The van der Waals surface area contributed by atoms with Crippen LogP contribution in [-0.4, -0.2) is 10.7 Å². The van der Waals surface area contributed by atoms with Crippen LogP contribution in [-0.2, 0) is 0 Å². The predicted octanol–water partition coefficient (Wildman–Crippen LogP) is 2.83. The average molecular weight is 158 g/mol. The maximum atomic E-state index is 10.1. The Morgan fingerprint density at radius 2 is 1.55 bits per heavy atom. The lowest BCUT2D eigenvalue weighted by Gasteiger charge is -2.42. The van der Waals surface area contributed by atoms with Crippen LogP contribution in [0.1, 0.15) is 48.0 Å². The Hall–Kier alpha value is -0.0400. The average Bonchev–Trinajstić information content (AvgIpc) is 1.87. The van der Waals surface area contributed by atoms with Gasteiger partial charge in [-0.3, -0.25) is 0 Å². The molecule has 0 fully saturated rings. The molecule has 11 heavy (non-hydrogen) atoms. The summed E-state index contributed by atoms with van der Waals surface area (Å²) in [7, 11) is 0. The minimum atomic E-state index is -0.554. The fourth-order valence-corrected chi connectivity index (χ4v) is 1.14. The predicted molar refractivity (Wildman–Crippen MR) is 49.5 cm³/mol. The number of rotatable bonds is 3. The molecular formula is C10H22O. The van der Waals surface area contributed by atoms with Crippen molar-refractivity contribution in [1.29, 1.82) is 0 Å². The zero-order chi connectivity index (χ0) is 9.28. The van der Waals surface area contributed by atoms with Crippen molar-refractivity contribution in [2.45, 2.75) is 53.6 Å². The summed E-state index contributed by atoms with van der Waals surface area (Å²) in [5.41, 5.74) is -0.539. The van der Waals surface area contributed by atoms with Crippen LogP contribution in [0, 0.1) is 11.3 Å². The molecule has 0 aromatic rings. The van der Waals surface area contributed by atoms with Crippen LogP contribution in [0.25, 0.3) is 0 Å². The minimum Gasteiger partial charge on any atom is -0.389 e. The van der Waals surface area contributed by atoms with Crippen molar-refractivity contribution >= 4 is 0 Å². The van der Waals surface area contributed by atoms with Crippen molar-refractivity contribution in [2.24, 2.45) is 11.3 Å². The van der Waals surface area contributed by atoms with E-state index in [1.165, 1.54) is 0 Å². The molecule has 0 aromatic carbocycles. The van der Waals surface area contributed by atoms with Crippen LogP contribution in [0.3, 0.4) is 0 Å². The Kier molecular flexibility index (Phi) is 3.13. The van der Waals surface area contributed by atoms with Gasteiger partial charge in [0.25, 0.3) is 0 Å². The van der Waals surface area contributed by atoms with Gasteiger partial charge in [-0.25, -0.2) is 0 Å². The summed E-state index contributed by atoms with van der Waals surface area (Å²) in [6.45, 7) is 12.4. The summed E-state index contributed by atoms with van der Waals surface area (Å²) in [5.74, 6) is 0.317. The summed E-state index contributed by atoms with van der Waals surface area (Å²) in [6, 6.07) is 0. The van der Waals surface area contributed by atoms with E-state index in [-0.39, 0.29) is 5.41 Å². The molecule has 1 heteroatoms. The normalized spacial score (nSPS) is 18.5. The van der Waals surface area contributed by atoms with Crippen LogP contribution < -0.4 is 0 Å². The fraction of sp³-hybridized carbons (Fsp3) is 1.00. The summed E-state index contributed by atoms with van der Waals surface area (Å²) in [4.78, 5) is 0. The van der Waals surface area contributed by atoms with E-state index in [1.54, 1.807) is 0 Å². The van der Waals surface area contributed by atoms with E-state index in [1.807, 2.05) is 6.92 Å². The highest BCUT2D eigenvalue weighted by Gasteiger charge is 2.40. The smallest absolute Gasteiger partial charge is 0.0693 e. The Bertz CT molecular complexity index is 123. The van der Waals surface area contributed by atoms with Crippen LogP contribution in [0.4, 0.5) is 0 Å². The zero-order valence-corrected chi connectivity index (χ0v) is 8.73. The zero-order valence-electron chi connectivity index (χ0n) is 8.73. The van der Waals surface area contributed by atoms with E-state index in [4.69, 9.17) is 0 Å². The minimum absolute atomic E-state index is 0.0150. The maximum absolute atomic E-state index is 10.1. The molecule has 0 aliphatic heterocycles. The van der Waals surface area contributed by atoms with Crippen molar-refractivity contribution < 1.29 is 5.11 Å². The SMILES string of the molecule is CCC(C)(C)[C@](C)(O)C(C)C. The van der Waals surface area contributed by atoms with Gasteiger partial charge in [-0.15, -0.1) is 0 Å². The third kappa shape index (κ3) is 1.96. The van der Waals surface area contributed by atoms with Crippen molar-refractivity contribution in [3.63, 3.8) is 0 Å². The third-order valence-corrected chi connectivity index (χ3v) is 3.38. The molecular weight excluding hydrogens is 136 g/mol. The van der Waals surface area contributed by atoms with Crippen LogP contribution in [0.15, 0.2) is 0 Å². The second-order valence-corrected chi connectivity index (χ2v) is 4.54. The van der Waals surface area contributed by atoms with Gasteiger partial charge in [-0.2, -0.15) is 0 Å². The Balaban J connectivity index is 4.53. The van der Waals surface area contributed by atoms with Gasteiger partial charge >= 0.3 is 0 Å². The highest BCUT2D eigenvalue weighted by atomic mass is 16.3. The van der Waals surface area contributed by atoms with E-state index < -0.39 is 5.60 Å². The highest BCUT2D eigenvalue weighted by Crippen LogP contribution is 2.38. The highest BCUT2D eigenvalue weighted by molar-refractivity contribution is 4.90. The van der Waals surface area contributed by atoms with Crippen LogP contribution in [0.2, 0.25) is 0 Å². The third-order valence-electron chi connectivity index (χ3n) is 3.38. The molecule has 0 unspecified atom stereocenters. The second-order valence-electron chi connectivity index (χ2n) is 4.54. The van der Waals surface area contributed by atoms with Crippen molar-refractivity contribution in [3.8, 4) is 0 Å². The Morgan fingerprint density at radius 3 is 1.64 bits per heavy atom. The first-order valence-electron chi connectivity index (χ1n) is 4.48. The summed E-state index contributed by atoms with van der Waals surface area (Å²) < 4.78 is 0. The molecule has 0 aliphatic carbocycles. The lowest BCUT2D eigenvalue weighted by molar-refractivity contribution is -0.0888. The molecule has 0 amide bonds. The van der Waals surface area contributed by atoms with Gasteiger partial charge in [-0.1, -0.05) is 34.6 Å². The second kappa shape index (κ2) is 3.14. The largest absolute Gasteiger partial charge is 0.389 e. The number of hydrogen-bond donors (Lipinski definition) is 1. The van der Waals surface area contributed by atoms with Gasteiger partial charge < -0.3 is 5.11 Å². The molecule has 1 nitrogen and oxygen atoms in total. The molecule has 1 atom stereocenters. The number of hydrogen-bond acceptors (Lipinski definition) is 1. The number of aliphatic hydroxyl groups is 1. The first-order valence-corrected chi connectivity index (χ1v) is 4.48. The standard InChI is InChI=1S/C10H22O/c1-7-9(4,5)10(6,11)8(2)3/h8,11H,7H2,1-6H3/t10-/m1/s1. The molecule has 0 saturated carbocycles. The van der Waals surface area contributed by atoms with Crippen molar-refractivity contribution in [1.82, 2.24) is 0 Å². The molecule has 68 valence electrons. The fourth-order valence-electron chi connectivity index (χ4n) is 1.14. The topological polar surface area (TPSA) is 20.2 Å². The van der Waals surface area contributed by atoms with E-state index >= 15 is 0 Å². The molecule has 0 heterocycles. The first-order chi connectivity index (χ1) is 4.75. The lowest BCUT2D eigenvalue weighted by atomic mass is 9.68. The summed E-state index contributed by atoms with van der Waals surface area (Å²) in [5, 5.41) is 10.1. The van der Waals surface area contributed by atoms with Gasteiger partial charge in [0, 0.05) is 0 Å². The van der Waals surface area contributed by atoms with Crippen molar-refractivity contribution in [2.75, 3.05) is 0 Å². The first kappa shape index (κ1) is 11.0. The molecule has 0 aromatic heterocycles. The molecule has 0 saturated heterocycles. The molecule has 0 bridgehead atoms. The van der Waals surface area contributed by atoms with Gasteiger partial charge in [-0.05, 0) is 24.7 Å². The van der Waals surface area contributed by atoms with E-state index in [0.717, 1.165) is 6.42 Å².